The van der Waals surface area contributed by atoms with Crippen LogP contribution in [0.25, 0.3) is 10.9 Å². The molecule has 1 atom stereocenters. The van der Waals surface area contributed by atoms with Crippen LogP contribution in [-0.2, 0) is 12.1 Å². The minimum atomic E-state index is -1.48. The lowest BCUT2D eigenvalue weighted by molar-refractivity contribution is -0.0587. The van der Waals surface area contributed by atoms with Crippen LogP contribution in [0, 0.1) is 11.7 Å². The molecule has 31 heavy (non-hydrogen) atoms. The minimum absolute atomic E-state index is 0.0271. The van der Waals surface area contributed by atoms with Crippen LogP contribution in [0.5, 0.6) is 5.75 Å². The summed E-state index contributed by atoms with van der Waals surface area (Å²) in [6.07, 6.45) is 1.21. The average molecular weight is 448 g/mol. The lowest BCUT2D eigenvalue weighted by Gasteiger charge is -2.33. The van der Waals surface area contributed by atoms with Crippen LogP contribution in [0.3, 0.4) is 0 Å². The molecule has 0 aliphatic carbocycles. The van der Waals surface area contributed by atoms with E-state index >= 15 is 0 Å². The van der Waals surface area contributed by atoms with Gasteiger partial charge in [0, 0.05) is 30.0 Å². The highest BCUT2D eigenvalue weighted by molar-refractivity contribution is 6.30. The fourth-order valence-corrected chi connectivity index (χ4v) is 3.61. The molecule has 3 aromatic rings. The largest absolute Gasteiger partial charge is 0.496 e. The summed E-state index contributed by atoms with van der Waals surface area (Å²) in [5.74, 6) is -1.92. The predicted octanol–water partition coefficient (Wildman–Crippen LogP) is 4.41. The number of rotatable bonds is 6. The molecule has 0 fully saturated rings. The predicted molar refractivity (Wildman–Crippen MR) is 117 cm³/mol. The molecule has 0 aliphatic heterocycles. The molecule has 2 aromatic carbocycles. The molecule has 0 saturated carbocycles. The molecule has 0 spiro atoms. The van der Waals surface area contributed by atoms with Gasteiger partial charge in [0.2, 0.25) is 5.43 Å². The molecule has 164 valence electrons. The second-order valence-corrected chi connectivity index (χ2v) is 8.27. The quantitative estimate of drug-likeness (QED) is 0.584. The Bertz CT molecular complexity index is 1230. The third-order valence-electron chi connectivity index (χ3n) is 5.63. The number of methoxy groups -OCH3 is 1. The molecular formula is C23H23ClFNO5. The van der Waals surface area contributed by atoms with Crippen LogP contribution in [0.2, 0.25) is 5.02 Å². The SMILES string of the molecule is COc1cc2c(cc1Cc1cccc(Cl)c1F)c(=O)c(C(=O)O)cn2C(C)(O)C(C)C. The van der Waals surface area contributed by atoms with Gasteiger partial charge in [-0.15, -0.1) is 0 Å². The van der Waals surface area contributed by atoms with Crippen molar-refractivity contribution in [3.8, 4) is 5.75 Å². The minimum Gasteiger partial charge on any atom is -0.496 e. The van der Waals surface area contributed by atoms with E-state index in [2.05, 4.69) is 0 Å². The van der Waals surface area contributed by atoms with Crippen molar-refractivity contribution in [3.63, 3.8) is 0 Å². The summed E-state index contributed by atoms with van der Waals surface area (Å²) in [7, 11) is 1.44. The van der Waals surface area contributed by atoms with Crippen LogP contribution < -0.4 is 10.2 Å². The van der Waals surface area contributed by atoms with E-state index in [1.54, 1.807) is 32.0 Å². The lowest BCUT2D eigenvalue weighted by atomic mass is 9.97. The molecule has 0 amide bonds. The van der Waals surface area contributed by atoms with Gasteiger partial charge in [-0.1, -0.05) is 37.6 Å². The Morgan fingerprint density at radius 1 is 1.29 bits per heavy atom. The zero-order valence-electron chi connectivity index (χ0n) is 17.6. The van der Waals surface area contributed by atoms with E-state index in [-0.39, 0.29) is 22.7 Å². The first-order chi connectivity index (χ1) is 14.5. The van der Waals surface area contributed by atoms with E-state index in [0.29, 0.717) is 22.4 Å². The number of hydrogen-bond acceptors (Lipinski definition) is 4. The highest BCUT2D eigenvalue weighted by Crippen LogP contribution is 2.32. The van der Waals surface area contributed by atoms with Gasteiger partial charge in [-0.3, -0.25) is 4.79 Å². The van der Waals surface area contributed by atoms with E-state index in [1.807, 2.05) is 0 Å². The molecule has 8 heteroatoms. The van der Waals surface area contributed by atoms with Crippen LogP contribution >= 0.6 is 11.6 Å². The molecule has 0 bridgehead atoms. The van der Waals surface area contributed by atoms with Crippen molar-refractivity contribution >= 4 is 28.5 Å². The van der Waals surface area contributed by atoms with Crippen molar-refractivity contribution in [2.45, 2.75) is 32.9 Å². The Hall–Kier alpha value is -2.90. The van der Waals surface area contributed by atoms with Crippen molar-refractivity contribution < 1.29 is 24.1 Å². The maximum Gasteiger partial charge on any atom is 0.341 e. The highest BCUT2D eigenvalue weighted by atomic mass is 35.5. The summed E-state index contributed by atoms with van der Waals surface area (Å²) >= 11 is 5.88. The molecule has 1 heterocycles. The zero-order chi connectivity index (χ0) is 23.1. The van der Waals surface area contributed by atoms with Gasteiger partial charge < -0.3 is 19.5 Å². The first kappa shape index (κ1) is 22.8. The summed E-state index contributed by atoms with van der Waals surface area (Å²) in [5.41, 5.74) is -1.57. The van der Waals surface area contributed by atoms with Crippen LogP contribution in [-0.4, -0.2) is 27.9 Å². The molecule has 3 rings (SSSR count). The Morgan fingerprint density at radius 2 is 1.97 bits per heavy atom. The standard InChI is InChI=1S/C23H23ClFNO5/c1-12(2)23(3,30)26-11-16(22(28)29)21(27)15-9-14(19(31-4)10-18(15)26)8-13-6-5-7-17(24)20(13)25/h5-7,9-12,30H,8H2,1-4H3,(H,28,29). The molecule has 6 nitrogen and oxygen atoms in total. The first-order valence-corrected chi connectivity index (χ1v) is 10.0. The lowest BCUT2D eigenvalue weighted by Crippen LogP contribution is -2.37. The van der Waals surface area contributed by atoms with Gasteiger partial charge in [-0.25, -0.2) is 9.18 Å². The van der Waals surface area contributed by atoms with Gasteiger partial charge in [0.05, 0.1) is 17.6 Å². The summed E-state index contributed by atoms with van der Waals surface area (Å²) in [5, 5.41) is 20.7. The van der Waals surface area contributed by atoms with Crippen LogP contribution in [0.1, 0.15) is 42.3 Å². The van der Waals surface area contributed by atoms with Gasteiger partial charge in [-0.2, -0.15) is 0 Å². The van der Waals surface area contributed by atoms with Gasteiger partial charge in [0.25, 0.3) is 0 Å². The summed E-state index contributed by atoms with van der Waals surface area (Å²) < 4.78 is 21.3. The summed E-state index contributed by atoms with van der Waals surface area (Å²) in [4.78, 5) is 24.6. The topological polar surface area (TPSA) is 88.8 Å². The van der Waals surface area contributed by atoms with E-state index < -0.39 is 28.5 Å². The smallest absolute Gasteiger partial charge is 0.341 e. The molecular weight excluding hydrogens is 425 g/mol. The Morgan fingerprint density at radius 3 is 2.55 bits per heavy atom. The number of aliphatic hydroxyl groups is 1. The van der Waals surface area contributed by atoms with Crippen molar-refractivity contribution in [2.24, 2.45) is 5.92 Å². The maximum absolute atomic E-state index is 14.4. The first-order valence-electron chi connectivity index (χ1n) is 9.64. The number of nitrogens with zero attached hydrogens (tertiary/aromatic N) is 1. The van der Waals surface area contributed by atoms with Crippen molar-refractivity contribution in [3.05, 3.63) is 74.3 Å². The Balaban J connectivity index is 2.35. The average Bonchev–Trinajstić information content (AvgIpc) is 2.70. The van der Waals surface area contributed by atoms with Crippen molar-refractivity contribution in [1.29, 1.82) is 0 Å². The van der Waals surface area contributed by atoms with E-state index in [0.717, 1.165) is 6.20 Å². The number of carboxylic acid groups (broad SMARTS) is 1. The van der Waals surface area contributed by atoms with Crippen LogP contribution in [0.4, 0.5) is 4.39 Å². The number of fused-ring (bicyclic) bond motifs is 1. The Labute approximate surface area is 183 Å². The second-order valence-electron chi connectivity index (χ2n) is 7.87. The monoisotopic (exact) mass is 447 g/mol. The zero-order valence-corrected chi connectivity index (χ0v) is 18.3. The summed E-state index contributed by atoms with van der Waals surface area (Å²) in [6.45, 7) is 5.09. The fourth-order valence-electron chi connectivity index (χ4n) is 3.42. The van der Waals surface area contributed by atoms with Gasteiger partial charge in [0.15, 0.2) is 0 Å². The third-order valence-corrected chi connectivity index (χ3v) is 5.92. The number of benzene rings is 2. The molecule has 0 radical (unpaired) electrons. The Kier molecular flexibility index (Phi) is 6.11. The number of hydrogen-bond donors (Lipinski definition) is 2. The number of aromatic nitrogens is 1. The summed E-state index contributed by atoms with van der Waals surface area (Å²) in [6, 6.07) is 7.65. The molecule has 0 saturated heterocycles. The van der Waals surface area contributed by atoms with Crippen molar-refractivity contribution in [1.82, 2.24) is 4.57 Å². The number of halogens is 2. The maximum atomic E-state index is 14.4. The number of pyridine rings is 1. The van der Waals surface area contributed by atoms with Crippen molar-refractivity contribution in [2.75, 3.05) is 7.11 Å². The van der Waals surface area contributed by atoms with Crippen LogP contribution in [0.15, 0.2) is 41.3 Å². The molecule has 2 N–H and O–H groups in total. The molecule has 1 aromatic heterocycles. The second kappa shape index (κ2) is 8.32. The number of carboxylic acids is 1. The molecule has 1 unspecified atom stereocenters. The van der Waals surface area contributed by atoms with E-state index in [1.165, 1.54) is 30.7 Å². The number of carbonyl (C=O) groups is 1. The fraction of sp³-hybridized carbons (Fsp3) is 0.304. The normalized spacial score (nSPS) is 13.4. The van der Waals surface area contributed by atoms with E-state index in [4.69, 9.17) is 16.3 Å². The third kappa shape index (κ3) is 4.03. The van der Waals surface area contributed by atoms with Gasteiger partial charge >= 0.3 is 5.97 Å². The van der Waals surface area contributed by atoms with E-state index in [9.17, 15) is 24.2 Å². The number of ether oxygens (including phenoxy) is 1. The molecule has 0 aliphatic rings. The number of aromatic carboxylic acids is 1. The van der Waals surface area contributed by atoms with Gasteiger partial charge in [0.1, 0.15) is 22.9 Å². The highest BCUT2D eigenvalue weighted by Gasteiger charge is 2.30. The van der Waals surface area contributed by atoms with Gasteiger partial charge in [-0.05, 0) is 30.2 Å².